The number of alkyl halides is 2. The van der Waals surface area contributed by atoms with Crippen molar-refractivity contribution in [2.45, 2.75) is 13.0 Å². The van der Waals surface area contributed by atoms with E-state index in [0.29, 0.717) is 0 Å². The van der Waals surface area contributed by atoms with Gasteiger partial charge in [-0.25, -0.2) is 8.78 Å². The van der Waals surface area contributed by atoms with Crippen molar-refractivity contribution in [1.29, 1.82) is 0 Å². The molecule has 0 atom stereocenters. The van der Waals surface area contributed by atoms with Gasteiger partial charge in [-0.1, -0.05) is 11.6 Å². The molecule has 0 radical (unpaired) electrons. The average molecular weight is 209 g/mol. The number of nitrogens with one attached hydrogen (secondary N) is 1. The number of nitrogens with two attached hydrogens (primary N) is 1. The van der Waals surface area contributed by atoms with Gasteiger partial charge in [-0.2, -0.15) is 0 Å². The fourth-order valence-corrected chi connectivity index (χ4v) is 1.06. The van der Waals surface area contributed by atoms with E-state index < -0.39 is 17.5 Å². The van der Waals surface area contributed by atoms with Gasteiger partial charge in [0.25, 0.3) is 6.43 Å². The Morgan fingerprint density at radius 2 is 2.23 bits per heavy atom. The van der Waals surface area contributed by atoms with Crippen LogP contribution in [0, 0.1) is 0 Å². The van der Waals surface area contributed by atoms with Gasteiger partial charge in [-0.3, -0.25) is 4.79 Å². The van der Waals surface area contributed by atoms with Crippen LogP contribution in [-0.4, -0.2) is 4.98 Å². The van der Waals surface area contributed by atoms with E-state index in [4.69, 9.17) is 17.3 Å². The van der Waals surface area contributed by atoms with Crippen LogP contribution >= 0.6 is 11.6 Å². The Labute approximate surface area is 77.5 Å². The molecule has 0 spiro atoms. The molecule has 72 valence electrons. The maximum Gasteiger partial charge on any atom is 0.278 e. The third kappa shape index (κ3) is 2.05. The van der Waals surface area contributed by atoms with Crippen LogP contribution in [0.4, 0.5) is 8.78 Å². The predicted octanol–water partition coefficient (Wildman–Crippen LogP) is 1.42. The average Bonchev–Trinajstić information content (AvgIpc) is 2.09. The topological polar surface area (TPSA) is 58.9 Å². The van der Waals surface area contributed by atoms with Crippen molar-refractivity contribution in [3.8, 4) is 0 Å². The third-order valence-electron chi connectivity index (χ3n) is 1.50. The van der Waals surface area contributed by atoms with E-state index in [1.54, 1.807) is 0 Å². The van der Waals surface area contributed by atoms with Crippen molar-refractivity contribution in [2.24, 2.45) is 5.73 Å². The summed E-state index contributed by atoms with van der Waals surface area (Å²) in [5, 5.41) is -0.132. The molecule has 0 aromatic carbocycles. The van der Waals surface area contributed by atoms with E-state index in [1.807, 2.05) is 0 Å². The molecule has 3 nitrogen and oxygen atoms in total. The van der Waals surface area contributed by atoms with Crippen LogP contribution in [0.5, 0.6) is 0 Å². The molecule has 6 heteroatoms. The summed E-state index contributed by atoms with van der Waals surface area (Å²) >= 11 is 5.50. The Kier molecular flexibility index (Phi) is 3.00. The summed E-state index contributed by atoms with van der Waals surface area (Å²) in [5.74, 6) is 0. The largest absolute Gasteiger partial charge is 0.355 e. The molecule has 0 saturated carbocycles. The highest BCUT2D eigenvalue weighted by Gasteiger charge is 2.12. The molecule has 0 aliphatic carbocycles. The Bertz CT molecular complexity index is 364. The first-order valence-corrected chi connectivity index (χ1v) is 3.84. The van der Waals surface area contributed by atoms with E-state index in [1.165, 1.54) is 0 Å². The number of aromatic nitrogens is 1. The zero-order valence-electron chi connectivity index (χ0n) is 6.48. The van der Waals surface area contributed by atoms with Gasteiger partial charge in [-0.05, 0) is 0 Å². The maximum absolute atomic E-state index is 12.1. The van der Waals surface area contributed by atoms with Crippen LogP contribution in [0.3, 0.4) is 0 Å². The Hall–Kier alpha value is -0.940. The number of aromatic amines is 1. The molecular weight excluding hydrogens is 202 g/mol. The fraction of sp³-hybridized carbons (Fsp3) is 0.286. The second kappa shape index (κ2) is 3.85. The summed E-state index contributed by atoms with van der Waals surface area (Å²) in [6.45, 7) is -0.0748. The summed E-state index contributed by atoms with van der Waals surface area (Å²) in [6.07, 6.45) is -2.73. The molecule has 0 unspecified atom stereocenters. The Morgan fingerprint density at radius 3 is 2.69 bits per heavy atom. The molecule has 1 heterocycles. The molecule has 0 saturated heterocycles. The van der Waals surface area contributed by atoms with Gasteiger partial charge in [0.15, 0.2) is 0 Å². The monoisotopic (exact) mass is 208 g/mol. The first kappa shape index (κ1) is 10.1. The van der Waals surface area contributed by atoms with Gasteiger partial charge in [0.1, 0.15) is 5.02 Å². The summed E-state index contributed by atoms with van der Waals surface area (Å²) in [6, 6.07) is 0.770. The highest BCUT2D eigenvalue weighted by Crippen LogP contribution is 2.17. The Balaban J connectivity index is 3.31. The molecule has 3 N–H and O–H groups in total. The molecule has 1 rings (SSSR count). The fourth-order valence-electron chi connectivity index (χ4n) is 0.877. The highest BCUT2D eigenvalue weighted by atomic mass is 35.5. The molecular formula is C7H7ClF2N2O. The number of hydrogen-bond donors (Lipinski definition) is 2. The maximum atomic E-state index is 12.1. The van der Waals surface area contributed by atoms with Crippen LogP contribution in [-0.2, 0) is 6.54 Å². The van der Waals surface area contributed by atoms with E-state index in [2.05, 4.69) is 4.98 Å². The molecule has 0 aliphatic heterocycles. The molecule has 1 aromatic heterocycles. The van der Waals surface area contributed by atoms with Crippen LogP contribution in [0.2, 0.25) is 5.02 Å². The van der Waals surface area contributed by atoms with Crippen molar-refractivity contribution in [2.75, 3.05) is 0 Å². The van der Waals surface area contributed by atoms with Gasteiger partial charge in [-0.15, -0.1) is 0 Å². The molecule has 13 heavy (non-hydrogen) atoms. The lowest BCUT2D eigenvalue weighted by Crippen LogP contribution is -2.12. The van der Waals surface area contributed by atoms with Gasteiger partial charge < -0.3 is 10.7 Å². The summed E-state index contributed by atoms with van der Waals surface area (Å²) in [7, 11) is 0. The molecule has 0 fully saturated rings. The predicted molar refractivity (Wildman–Crippen MR) is 44.9 cm³/mol. The normalized spacial score (nSPS) is 10.8. The van der Waals surface area contributed by atoms with E-state index in [9.17, 15) is 13.6 Å². The molecule has 0 aliphatic rings. The number of pyridine rings is 1. The van der Waals surface area contributed by atoms with Crippen molar-refractivity contribution in [3.05, 3.63) is 32.7 Å². The number of rotatable bonds is 2. The molecule has 0 amide bonds. The zero-order chi connectivity index (χ0) is 10.0. The number of halogens is 3. The first-order valence-electron chi connectivity index (χ1n) is 3.46. The number of hydrogen-bond acceptors (Lipinski definition) is 2. The molecule has 1 aromatic rings. The van der Waals surface area contributed by atoms with Crippen LogP contribution in [0.25, 0.3) is 0 Å². The van der Waals surface area contributed by atoms with Gasteiger partial charge in [0.2, 0.25) is 5.43 Å². The van der Waals surface area contributed by atoms with Crippen LogP contribution in [0.15, 0.2) is 10.9 Å². The summed E-state index contributed by atoms with van der Waals surface area (Å²) in [5.41, 5.74) is 4.21. The third-order valence-corrected chi connectivity index (χ3v) is 1.92. The van der Waals surface area contributed by atoms with Crippen molar-refractivity contribution in [3.63, 3.8) is 0 Å². The summed E-state index contributed by atoms with van der Waals surface area (Å²) in [4.78, 5) is 13.3. The minimum Gasteiger partial charge on any atom is -0.355 e. The van der Waals surface area contributed by atoms with Gasteiger partial charge in [0, 0.05) is 12.6 Å². The number of H-pyrrole nitrogens is 1. The summed E-state index contributed by atoms with van der Waals surface area (Å²) < 4.78 is 24.3. The zero-order valence-corrected chi connectivity index (χ0v) is 7.24. The van der Waals surface area contributed by atoms with Crippen molar-refractivity contribution >= 4 is 11.6 Å². The van der Waals surface area contributed by atoms with Crippen molar-refractivity contribution in [1.82, 2.24) is 4.98 Å². The minimum absolute atomic E-state index is 0.0748. The van der Waals surface area contributed by atoms with Crippen molar-refractivity contribution < 1.29 is 8.78 Å². The highest BCUT2D eigenvalue weighted by molar-refractivity contribution is 6.31. The van der Waals surface area contributed by atoms with E-state index >= 15 is 0 Å². The first-order chi connectivity index (χ1) is 6.06. The van der Waals surface area contributed by atoms with Gasteiger partial charge >= 0.3 is 0 Å². The standard InChI is InChI=1S/C7H7ClF2N2O/c8-6-4(2-11)12-3(7(9)10)1-5(6)13/h1,7H,2,11H2,(H,12,13). The lowest BCUT2D eigenvalue weighted by molar-refractivity contribution is 0.145. The van der Waals surface area contributed by atoms with E-state index in [-0.39, 0.29) is 17.3 Å². The van der Waals surface area contributed by atoms with Crippen LogP contribution < -0.4 is 11.2 Å². The smallest absolute Gasteiger partial charge is 0.278 e. The molecule has 0 bridgehead atoms. The van der Waals surface area contributed by atoms with E-state index in [0.717, 1.165) is 6.07 Å². The lowest BCUT2D eigenvalue weighted by atomic mass is 10.3. The SMILES string of the molecule is NCc1[nH]c(C(F)F)cc(=O)c1Cl. The Morgan fingerprint density at radius 1 is 1.62 bits per heavy atom. The second-order valence-corrected chi connectivity index (χ2v) is 2.76. The van der Waals surface area contributed by atoms with Gasteiger partial charge in [0.05, 0.1) is 11.4 Å². The second-order valence-electron chi connectivity index (χ2n) is 2.39. The lowest BCUT2D eigenvalue weighted by Gasteiger charge is -2.04. The van der Waals surface area contributed by atoms with Crippen LogP contribution in [0.1, 0.15) is 17.8 Å². The quantitative estimate of drug-likeness (QED) is 0.772. The minimum atomic E-state index is -2.73.